The van der Waals surface area contributed by atoms with Crippen molar-refractivity contribution in [1.82, 2.24) is 5.32 Å². The lowest BCUT2D eigenvalue weighted by Gasteiger charge is -2.39. The van der Waals surface area contributed by atoms with Crippen LogP contribution in [0.3, 0.4) is 0 Å². The highest BCUT2D eigenvalue weighted by atomic mass is 16.6. The minimum atomic E-state index is -1.48. The largest absolute Gasteiger partial charge is 0.388 e. The number of amides is 1. The monoisotopic (exact) mass is 221 g/mol. The van der Waals surface area contributed by atoms with Gasteiger partial charge in [0.2, 0.25) is 5.91 Å². The third kappa shape index (κ3) is 2.64. The van der Waals surface area contributed by atoms with Gasteiger partial charge in [-0.15, -0.1) is 0 Å². The molecule has 7 nitrogen and oxygen atoms in total. The molecule has 0 aromatic rings. The first-order chi connectivity index (χ1) is 6.97. The van der Waals surface area contributed by atoms with Crippen LogP contribution in [0.2, 0.25) is 0 Å². The number of aliphatic hydroxyl groups is 4. The summed E-state index contributed by atoms with van der Waals surface area (Å²) < 4.78 is 4.88. The topological polar surface area (TPSA) is 119 Å². The number of hydrogen-bond acceptors (Lipinski definition) is 6. The SMILES string of the molecule is C[C@H]1O[C@H](O)[C@@H](O)[C@@H](O)[C@@H]1NC(=O)CO. The Morgan fingerprint density at radius 1 is 1.33 bits per heavy atom. The number of nitrogens with one attached hydrogen (secondary N) is 1. The van der Waals surface area contributed by atoms with Crippen molar-refractivity contribution in [2.45, 2.75) is 37.6 Å². The predicted molar refractivity (Wildman–Crippen MR) is 47.6 cm³/mol. The molecule has 1 fully saturated rings. The van der Waals surface area contributed by atoms with Crippen molar-refractivity contribution in [3.63, 3.8) is 0 Å². The lowest BCUT2D eigenvalue weighted by molar-refractivity contribution is -0.253. The molecule has 0 unspecified atom stereocenters. The smallest absolute Gasteiger partial charge is 0.246 e. The van der Waals surface area contributed by atoms with Gasteiger partial charge in [-0.1, -0.05) is 0 Å². The molecule has 0 aromatic heterocycles. The third-order valence-electron chi connectivity index (χ3n) is 2.34. The van der Waals surface area contributed by atoms with Crippen molar-refractivity contribution in [3.05, 3.63) is 0 Å². The van der Waals surface area contributed by atoms with E-state index >= 15 is 0 Å². The highest BCUT2D eigenvalue weighted by molar-refractivity contribution is 5.77. The molecule has 1 amide bonds. The highest BCUT2D eigenvalue weighted by Crippen LogP contribution is 2.19. The summed E-state index contributed by atoms with van der Waals surface area (Å²) in [5.74, 6) is -0.682. The third-order valence-corrected chi connectivity index (χ3v) is 2.34. The second-order valence-electron chi connectivity index (χ2n) is 3.46. The van der Waals surface area contributed by atoms with Crippen LogP contribution < -0.4 is 5.32 Å². The average Bonchev–Trinajstić information content (AvgIpc) is 2.21. The van der Waals surface area contributed by atoms with Gasteiger partial charge in [0.25, 0.3) is 0 Å². The molecule has 0 bridgehead atoms. The molecule has 0 saturated carbocycles. The molecule has 7 heteroatoms. The first-order valence-corrected chi connectivity index (χ1v) is 4.57. The predicted octanol–water partition coefficient (Wildman–Crippen LogP) is -3.08. The lowest BCUT2D eigenvalue weighted by Crippen LogP contribution is -2.62. The van der Waals surface area contributed by atoms with Gasteiger partial charge in [0.15, 0.2) is 6.29 Å². The standard InChI is InChI=1S/C8H15NO6/c1-3-5(9-4(11)2-10)6(12)7(13)8(14)15-3/h3,5-8,10,12-14H,2H2,1H3,(H,9,11)/t3-,5-,6+,7+,8+/m1/s1. The highest BCUT2D eigenvalue weighted by Gasteiger charge is 2.42. The van der Waals surface area contributed by atoms with Crippen LogP contribution in [0.1, 0.15) is 6.92 Å². The van der Waals surface area contributed by atoms with Gasteiger partial charge in [-0.25, -0.2) is 0 Å². The van der Waals surface area contributed by atoms with Gasteiger partial charge in [-0.2, -0.15) is 0 Å². The molecule has 1 saturated heterocycles. The number of ether oxygens (including phenoxy) is 1. The molecule has 5 atom stereocenters. The molecule has 1 aliphatic rings. The van der Waals surface area contributed by atoms with E-state index in [0.29, 0.717) is 0 Å². The van der Waals surface area contributed by atoms with E-state index in [0.717, 1.165) is 0 Å². The first kappa shape index (κ1) is 12.3. The van der Waals surface area contributed by atoms with Gasteiger partial charge in [0, 0.05) is 0 Å². The summed E-state index contributed by atoms with van der Waals surface area (Å²) in [5.41, 5.74) is 0. The second-order valence-corrected chi connectivity index (χ2v) is 3.46. The molecule has 5 N–H and O–H groups in total. The Morgan fingerprint density at radius 2 is 1.93 bits per heavy atom. The number of carbonyl (C=O) groups is 1. The molecule has 0 aromatic carbocycles. The van der Waals surface area contributed by atoms with Crippen molar-refractivity contribution in [2.75, 3.05) is 6.61 Å². The summed E-state index contributed by atoms with van der Waals surface area (Å²) in [6, 6.07) is -0.858. The molecule has 0 radical (unpaired) electrons. The lowest BCUT2D eigenvalue weighted by atomic mass is 9.97. The van der Waals surface area contributed by atoms with E-state index in [1.807, 2.05) is 0 Å². The molecular weight excluding hydrogens is 206 g/mol. The van der Waals surface area contributed by atoms with Gasteiger partial charge < -0.3 is 30.5 Å². The van der Waals surface area contributed by atoms with Gasteiger partial charge in [0.1, 0.15) is 18.8 Å². The number of rotatable bonds is 2. The van der Waals surface area contributed by atoms with Crippen LogP contribution in [-0.4, -0.2) is 63.6 Å². The molecular formula is C8H15NO6. The summed E-state index contributed by atoms with van der Waals surface area (Å²) in [4.78, 5) is 10.9. The van der Waals surface area contributed by atoms with Gasteiger partial charge in [-0.3, -0.25) is 4.79 Å². The van der Waals surface area contributed by atoms with Crippen molar-refractivity contribution < 1.29 is 30.0 Å². The maximum absolute atomic E-state index is 10.9. The molecule has 15 heavy (non-hydrogen) atoms. The van der Waals surface area contributed by atoms with E-state index in [1.165, 1.54) is 6.92 Å². The summed E-state index contributed by atoms with van der Waals surface area (Å²) in [6.45, 7) is 0.815. The molecule has 1 rings (SSSR count). The second kappa shape index (κ2) is 4.86. The Hall–Kier alpha value is -0.730. The number of aliphatic hydroxyl groups excluding tert-OH is 4. The van der Waals surface area contributed by atoms with E-state index < -0.39 is 43.2 Å². The Morgan fingerprint density at radius 3 is 2.47 bits per heavy atom. The van der Waals surface area contributed by atoms with Crippen molar-refractivity contribution in [3.8, 4) is 0 Å². The van der Waals surface area contributed by atoms with Crippen LogP contribution in [0.25, 0.3) is 0 Å². The summed E-state index contributed by atoms with van der Waals surface area (Å²) >= 11 is 0. The summed E-state index contributed by atoms with van der Waals surface area (Å²) in [6.07, 6.45) is -4.95. The van der Waals surface area contributed by atoms with E-state index in [-0.39, 0.29) is 0 Å². The zero-order valence-electron chi connectivity index (χ0n) is 8.20. The molecule has 0 spiro atoms. The molecule has 1 heterocycles. The van der Waals surface area contributed by atoms with Gasteiger partial charge in [0.05, 0.1) is 12.1 Å². The minimum absolute atomic E-state index is 0.658. The fourth-order valence-corrected chi connectivity index (χ4v) is 1.48. The van der Waals surface area contributed by atoms with E-state index in [2.05, 4.69) is 5.32 Å². The maximum Gasteiger partial charge on any atom is 0.246 e. The van der Waals surface area contributed by atoms with E-state index in [1.54, 1.807) is 0 Å². The van der Waals surface area contributed by atoms with Crippen LogP contribution in [0, 0.1) is 0 Å². The fourth-order valence-electron chi connectivity index (χ4n) is 1.48. The Bertz CT molecular complexity index is 235. The molecule has 0 aliphatic carbocycles. The van der Waals surface area contributed by atoms with E-state index in [4.69, 9.17) is 14.9 Å². The van der Waals surface area contributed by atoms with E-state index in [9.17, 15) is 15.0 Å². The number of hydrogen-bond donors (Lipinski definition) is 5. The summed E-state index contributed by atoms with van der Waals surface area (Å²) in [7, 11) is 0. The number of carbonyl (C=O) groups excluding carboxylic acids is 1. The zero-order valence-corrected chi connectivity index (χ0v) is 8.20. The first-order valence-electron chi connectivity index (χ1n) is 4.57. The van der Waals surface area contributed by atoms with Crippen LogP contribution >= 0.6 is 0 Å². The van der Waals surface area contributed by atoms with Crippen LogP contribution in [0.15, 0.2) is 0 Å². The maximum atomic E-state index is 10.9. The van der Waals surface area contributed by atoms with Crippen molar-refractivity contribution >= 4 is 5.91 Å². The average molecular weight is 221 g/mol. The Labute approximate surface area is 86.3 Å². The summed E-state index contributed by atoms with van der Waals surface area (Å²) in [5, 5.41) is 38.7. The molecule has 88 valence electrons. The Kier molecular flexibility index (Phi) is 4.00. The van der Waals surface area contributed by atoms with Gasteiger partial charge in [-0.05, 0) is 6.92 Å². The zero-order chi connectivity index (χ0) is 11.6. The van der Waals surface area contributed by atoms with Crippen LogP contribution in [-0.2, 0) is 9.53 Å². The molecule has 1 aliphatic heterocycles. The van der Waals surface area contributed by atoms with Gasteiger partial charge >= 0.3 is 0 Å². The quantitative estimate of drug-likeness (QED) is 0.337. The van der Waals surface area contributed by atoms with Crippen LogP contribution in [0.5, 0.6) is 0 Å². The normalized spacial score (nSPS) is 41.3. The fraction of sp³-hybridized carbons (Fsp3) is 0.875. The van der Waals surface area contributed by atoms with Crippen molar-refractivity contribution in [1.29, 1.82) is 0 Å². The van der Waals surface area contributed by atoms with Crippen LogP contribution in [0.4, 0.5) is 0 Å². The Balaban J connectivity index is 2.65. The van der Waals surface area contributed by atoms with Crippen molar-refractivity contribution in [2.24, 2.45) is 0 Å². The minimum Gasteiger partial charge on any atom is -0.388 e.